The molecule has 2 N–H and O–H groups in total. The van der Waals surface area contributed by atoms with Crippen molar-refractivity contribution in [3.8, 4) is 0 Å². The van der Waals surface area contributed by atoms with E-state index in [9.17, 15) is 0 Å². The zero-order valence-corrected chi connectivity index (χ0v) is 9.46. The van der Waals surface area contributed by atoms with Crippen molar-refractivity contribution in [1.29, 1.82) is 0 Å². The molecule has 1 aromatic rings. The number of nitrogens with zero attached hydrogens (tertiary/aromatic N) is 1. The normalized spacial score (nSPS) is 15.1. The summed E-state index contributed by atoms with van der Waals surface area (Å²) in [6.45, 7) is 4.32. The molecule has 0 amide bonds. The van der Waals surface area contributed by atoms with Crippen LogP contribution in [0.4, 0.5) is 0 Å². The summed E-state index contributed by atoms with van der Waals surface area (Å²) in [5, 5.41) is 0.657. The standard InChI is InChI=1S/C11H17ClN2/c1-3-4-8(2)11(13)10-6-5-9(12)7-14-10/h5-8,11H,3-4,13H2,1-2H3. The van der Waals surface area contributed by atoms with Crippen molar-refractivity contribution >= 4 is 11.6 Å². The van der Waals surface area contributed by atoms with Crippen LogP contribution >= 0.6 is 11.6 Å². The van der Waals surface area contributed by atoms with Crippen LogP contribution in [0.15, 0.2) is 18.3 Å². The molecule has 0 spiro atoms. The minimum absolute atomic E-state index is 0.0206. The van der Waals surface area contributed by atoms with E-state index >= 15 is 0 Å². The van der Waals surface area contributed by atoms with E-state index in [1.54, 1.807) is 6.20 Å². The van der Waals surface area contributed by atoms with Crippen molar-refractivity contribution in [3.05, 3.63) is 29.0 Å². The van der Waals surface area contributed by atoms with E-state index < -0.39 is 0 Å². The molecule has 0 aliphatic heterocycles. The van der Waals surface area contributed by atoms with Crippen molar-refractivity contribution in [2.24, 2.45) is 11.7 Å². The molecule has 14 heavy (non-hydrogen) atoms. The summed E-state index contributed by atoms with van der Waals surface area (Å²) in [7, 11) is 0. The molecule has 0 saturated carbocycles. The average molecular weight is 213 g/mol. The molecule has 2 nitrogen and oxygen atoms in total. The highest BCUT2D eigenvalue weighted by atomic mass is 35.5. The van der Waals surface area contributed by atoms with Gasteiger partial charge in [0.2, 0.25) is 0 Å². The first-order valence-corrected chi connectivity index (χ1v) is 5.40. The summed E-state index contributed by atoms with van der Waals surface area (Å²) in [4.78, 5) is 4.22. The Morgan fingerprint density at radius 3 is 2.71 bits per heavy atom. The SMILES string of the molecule is CCCC(C)C(N)c1ccc(Cl)cn1. The van der Waals surface area contributed by atoms with Gasteiger partial charge in [-0.1, -0.05) is 31.9 Å². The fourth-order valence-electron chi connectivity index (χ4n) is 1.51. The molecule has 0 saturated heterocycles. The molecule has 0 aromatic carbocycles. The highest BCUT2D eigenvalue weighted by Crippen LogP contribution is 2.22. The van der Waals surface area contributed by atoms with E-state index in [0.29, 0.717) is 10.9 Å². The van der Waals surface area contributed by atoms with Gasteiger partial charge in [0.1, 0.15) is 0 Å². The van der Waals surface area contributed by atoms with Gasteiger partial charge in [0.25, 0.3) is 0 Å². The summed E-state index contributed by atoms with van der Waals surface area (Å²) in [5.41, 5.74) is 7.00. The Bertz CT molecular complexity index is 271. The molecular formula is C11H17ClN2. The Morgan fingerprint density at radius 2 is 2.21 bits per heavy atom. The molecule has 0 bridgehead atoms. The molecule has 0 radical (unpaired) electrons. The minimum atomic E-state index is 0.0206. The topological polar surface area (TPSA) is 38.9 Å². The highest BCUT2D eigenvalue weighted by molar-refractivity contribution is 6.30. The zero-order valence-electron chi connectivity index (χ0n) is 8.70. The fraction of sp³-hybridized carbons (Fsp3) is 0.545. The molecule has 0 aliphatic rings. The Balaban J connectivity index is 2.68. The largest absolute Gasteiger partial charge is 0.322 e. The predicted octanol–water partition coefficient (Wildman–Crippen LogP) is 3.17. The molecule has 1 aromatic heterocycles. The van der Waals surface area contributed by atoms with E-state index in [-0.39, 0.29) is 6.04 Å². The van der Waals surface area contributed by atoms with Crippen LogP contribution in [0.1, 0.15) is 38.4 Å². The maximum atomic E-state index is 6.07. The van der Waals surface area contributed by atoms with Crippen LogP contribution in [0.5, 0.6) is 0 Å². The number of nitrogens with two attached hydrogens (primary N) is 1. The van der Waals surface area contributed by atoms with Crippen LogP contribution in [0.2, 0.25) is 5.02 Å². The van der Waals surface area contributed by atoms with Crippen LogP contribution in [-0.2, 0) is 0 Å². The van der Waals surface area contributed by atoms with Gasteiger partial charge in [-0.05, 0) is 24.5 Å². The quantitative estimate of drug-likeness (QED) is 0.833. The van der Waals surface area contributed by atoms with Gasteiger partial charge in [-0.25, -0.2) is 0 Å². The van der Waals surface area contributed by atoms with Gasteiger partial charge in [0.15, 0.2) is 0 Å². The second kappa shape index (κ2) is 5.32. The van der Waals surface area contributed by atoms with Crippen LogP contribution in [0.3, 0.4) is 0 Å². The van der Waals surface area contributed by atoms with Gasteiger partial charge in [0, 0.05) is 12.2 Å². The number of hydrogen-bond acceptors (Lipinski definition) is 2. The molecule has 1 rings (SSSR count). The van der Waals surface area contributed by atoms with E-state index in [2.05, 4.69) is 18.8 Å². The molecule has 78 valence electrons. The average Bonchev–Trinajstić information content (AvgIpc) is 2.18. The lowest BCUT2D eigenvalue weighted by atomic mass is 9.95. The van der Waals surface area contributed by atoms with Crippen molar-refractivity contribution in [3.63, 3.8) is 0 Å². The van der Waals surface area contributed by atoms with Crippen LogP contribution in [0, 0.1) is 5.92 Å². The second-order valence-electron chi connectivity index (χ2n) is 3.69. The lowest BCUT2D eigenvalue weighted by Crippen LogP contribution is -2.20. The molecule has 2 atom stereocenters. The smallest absolute Gasteiger partial charge is 0.0589 e. The summed E-state index contributed by atoms with van der Waals surface area (Å²) in [6, 6.07) is 3.76. The van der Waals surface area contributed by atoms with E-state index in [1.807, 2.05) is 12.1 Å². The van der Waals surface area contributed by atoms with Crippen molar-refractivity contribution in [2.75, 3.05) is 0 Å². The number of hydrogen-bond donors (Lipinski definition) is 1. The van der Waals surface area contributed by atoms with Gasteiger partial charge in [-0.15, -0.1) is 0 Å². The first kappa shape index (κ1) is 11.5. The molecule has 1 heterocycles. The summed E-state index contributed by atoms with van der Waals surface area (Å²) >= 11 is 5.75. The number of aromatic nitrogens is 1. The van der Waals surface area contributed by atoms with Crippen LogP contribution in [0.25, 0.3) is 0 Å². The highest BCUT2D eigenvalue weighted by Gasteiger charge is 2.14. The molecule has 2 unspecified atom stereocenters. The predicted molar refractivity (Wildman–Crippen MR) is 60.2 cm³/mol. The number of halogens is 1. The number of rotatable bonds is 4. The Kier molecular flexibility index (Phi) is 4.36. The maximum absolute atomic E-state index is 6.07. The second-order valence-corrected chi connectivity index (χ2v) is 4.13. The molecule has 0 aliphatic carbocycles. The van der Waals surface area contributed by atoms with Gasteiger partial charge in [-0.3, -0.25) is 4.98 Å². The maximum Gasteiger partial charge on any atom is 0.0589 e. The van der Waals surface area contributed by atoms with Gasteiger partial charge >= 0.3 is 0 Å². The van der Waals surface area contributed by atoms with E-state index in [1.165, 1.54) is 0 Å². The lowest BCUT2D eigenvalue weighted by Gasteiger charge is -2.18. The Labute approximate surface area is 90.5 Å². The third-order valence-corrected chi connectivity index (χ3v) is 2.67. The first-order valence-electron chi connectivity index (χ1n) is 5.02. The van der Waals surface area contributed by atoms with Crippen molar-refractivity contribution in [1.82, 2.24) is 4.98 Å². The van der Waals surface area contributed by atoms with Gasteiger partial charge in [0.05, 0.1) is 10.7 Å². The minimum Gasteiger partial charge on any atom is -0.322 e. The van der Waals surface area contributed by atoms with Gasteiger partial charge < -0.3 is 5.73 Å². The molecule has 3 heteroatoms. The van der Waals surface area contributed by atoms with E-state index in [0.717, 1.165) is 18.5 Å². The Hall–Kier alpha value is -0.600. The molecule has 0 fully saturated rings. The summed E-state index contributed by atoms with van der Waals surface area (Å²) < 4.78 is 0. The zero-order chi connectivity index (χ0) is 10.6. The first-order chi connectivity index (χ1) is 6.65. The third kappa shape index (κ3) is 2.96. The lowest BCUT2D eigenvalue weighted by molar-refractivity contribution is 0.426. The number of pyridine rings is 1. The van der Waals surface area contributed by atoms with Crippen molar-refractivity contribution < 1.29 is 0 Å². The summed E-state index contributed by atoms with van der Waals surface area (Å²) in [6.07, 6.45) is 3.93. The third-order valence-electron chi connectivity index (χ3n) is 2.45. The van der Waals surface area contributed by atoms with E-state index in [4.69, 9.17) is 17.3 Å². The van der Waals surface area contributed by atoms with Gasteiger partial charge in [-0.2, -0.15) is 0 Å². The Morgan fingerprint density at radius 1 is 1.50 bits per heavy atom. The molecular weight excluding hydrogens is 196 g/mol. The van der Waals surface area contributed by atoms with Crippen LogP contribution < -0.4 is 5.73 Å². The van der Waals surface area contributed by atoms with Crippen molar-refractivity contribution in [2.45, 2.75) is 32.7 Å². The van der Waals surface area contributed by atoms with Crippen LogP contribution in [-0.4, -0.2) is 4.98 Å². The summed E-state index contributed by atoms with van der Waals surface area (Å²) in [5.74, 6) is 0.466. The fourth-order valence-corrected chi connectivity index (χ4v) is 1.62. The monoisotopic (exact) mass is 212 g/mol.